The highest BCUT2D eigenvalue weighted by molar-refractivity contribution is 7.91. The van der Waals surface area contributed by atoms with Gasteiger partial charge in [0, 0.05) is 66.9 Å². The first-order valence-corrected chi connectivity index (χ1v) is 15.3. The zero-order valence-corrected chi connectivity index (χ0v) is 24.1. The Balaban J connectivity index is 1.32. The van der Waals surface area contributed by atoms with E-state index in [2.05, 4.69) is 45.1 Å². The summed E-state index contributed by atoms with van der Waals surface area (Å²) in [6, 6.07) is 15.7. The molecule has 0 spiro atoms. The molecule has 3 heterocycles. The summed E-state index contributed by atoms with van der Waals surface area (Å²) >= 11 is 0. The third-order valence-electron chi connectivity index (χ3n) is 7.54. The second-order valence-corrected chi connectivity index (χ2v) is 12.9. The molecule has 0 radical (unpaired) electrons. The van der Waals surface area contributed by atoms with Crippen LogP contribution in [-0.4, -0.2) is 41.6 Å². The number of benzene rings is 2. The van der Waals surface area contributed by atoms with Crippen molar-refractivity contribution < 1.29 is 13.2 Å². The van der Waals surface area contributed by atoms with Gasteiger partial charge in [0.2, 0.25) is 11.5 Å². The fourth-order valence-corrected chi connectivity index (χ4v) is 5.95. The molecule has 0 saturated heterocycles. The van der Waals surface area contributed by atoms with Crippen molar-refractivity contribution in [1.82, 2.24) is 20.3 Å². The molecule has 9 nitrogen and oxygen atoms in total. The number of hydrogen-bond acceptors (Lipinski definition) is 7. The van der Waals surface area contributed by atoms with Gasteiger partial charge in [0.15, 0.2) is 9.84 Å². The SMILES string of the molecule is CCS(=O)(=O)c1ccc(CNC(=O)c2ccc3c(c2)CN(c2ncc(-c4ccc(=O)[nH]c4)cn2)C[C@@H]3C(C)C)cc1. The Morgan fingerprint density at radius 1 is 1.05 bits per heavy atom. The van der Waals surface area contributed by atoms with E-state index in [-0.39, 0.29) is 28.0 Å². The Morgan fingerprint density at radius 3 is 2.41 bits per heavy atom. The highest BCUT2D eigenvalue weighted by Crippen LogP contribution is 2.35. The van der Waals surface area contributed by atoms with Gasteiger partial charge in [-0.05, 0) is 52.9 Å². The molecule has 1 amide bonds. The van der Waals surface area contributed by atoms with Gasteiger partial charge >= 0.3 is 0 Å². The van der Waals surface area contributed by atoms with E-state index in [4.69, 9.17) is 0 Å². The molecule has 1 atom stereocenters. The van der Waals surface area contributed by atoms with Crippen molar-refractivity contribution in [2.24, 2.45) is 5.92 Å². The first-order chi connectivity index (χ1) is 19.6. The maximum absolute atomic E-state index is 13.1. The normalized spacial score (nSPS) is 15.0. The first kappa shape index (κ1) is 28.2. The fourth-order valence-electron chi connectivity index (χ4n) is 5.06. The van der Waals surface area contributed by atoms with E-state index in [1.807, 2.05) is 12.1 Å². The van der Waals surface area contributed by atoms with Crippen LogP contribution in [0.25, 0.3) is 11.1 Å². The lowest BCUT2D eigenvalue weighted by molar-refractivity contribution is 0.0950. The van der Waals surface area contributed by atoms with Gasteiger partial charge in [0.05, 0.1) is 10.6 Å². The summed E-state index contributed by atoms with van der Waals surface area (Å²) in [5, 5.41) is 2.95. The van der Waals surface area contributed by atoms with Crippen LogP contribution >= 0.6 is 0 Å². The number of sulfone groups is 1. The first-order valence-electron chi connectivity index (χ1n) is 13.6. The number of hydrogen-bond donors (Lipinski definition) is 2. The quantitative estimate of drug-likeness (QED) is 0.323. The molecule has 212 valence electrons. The summed E-state index contributed by atoms with van der Waals surface area (Å²) in [4.78, 5) is 38.8. The molecule has 1 aliphatic heterocycles. The van der Waals surface area contributed by atoms with E-state index in [0.29, 0.717) is 30.5 Å². The van der Waals surface area contributed by atoms with E-state index < -0.39 is 9.84 Å². The second kappa shape index (κ2) is 11.7. The number of carbonyl (C=O) groups excluding carboxylic acids is 1. The average molecular weight is 572 g/mol. The molecule has 2 aromatic heterocycles. The van der Waals surface area contributed by atoms with Gasteiger partial charge in [-0.25, -0.2) is 18.4 Å². The van der Waals surface area contributed by atoms with Gasteiger partial charge in [-0.1, -0.05) is 39.0 Å². The molecule has 0 bridgehead atoms. The molecule has 1 aliphatic rings. The van der Waals surface area contributed by atoms with Gasteiger partial charge < -0.3 is 15.2 Å². The predicted molar refractivity (Wildman–Crippen MR) is 158 cm³/mol. The van der Waals surface area contributed by atoms with Gasteiger partial charge in [0.1, 0.15) is 0 Å². The van der Waals surface area contributed by atoms with Crippen LogP contribution in [0.2, 0.25) is 0 Å². The number of aromatic nitrogens is 3. The molecule has 4 aromatic rings. The van der Waals surface area contributed by atoms with Crippen molar-refractivity contribution in [2.75, 3.05) is 17.2 Å². The molecule has 2 aromatic carbocycles. The lowest BCUT2D eigenvalue weighted by Gasteiger charge is -2.37. The number of aromatic amines is 1. The average Bonchev–Trinajstić information content (AvgIpc) is 2.99. The van der Waals surface area contributed by atoms with Crippen LogP contribution in [0.4, 0.5) is 5.95 Å². The molecule has 0 fully saturated rings. The maximum atomic E-state index is 13.1. The van der Waals surface area contributed by atoms with E-state index >= 15 is 0 Å². The van der Waals surface area contributed by atoms with Gasteiger partial charge in [-0.15, -0.1) is 0 Å². The maximum Gasteiger partial charge on any atom is 0.251 e. The minimum atomic E-state index is -3.26. The molecule has 0 unspecified atom stereocenters. The molecular formula is C31H33N5O4S. The van der Waals surface area contributed by atoms with Crippen LogP contribution in [0.5, 0.6) is 0 Å². The summed E-state index contributed by atoms with van der Waals surface area (Å²) in [5.41, 5.74) is 5.15. The highest BCUT2D eigenvalue weighted by atomic mass is 32.2. The van der Waals surface area contributed by atoms with Crippen LogP contribution in [0.1, 0.15) is 53.7 Å². The largest absolute Gasteiger partial charge is 0.348 e. The number of nitrogens with zero attached hydrogens (tertiary/aromatic N) is 3. The van der Waals surface area contributed by atoms with Crippen molar-refractivity contribution in [3.8, 4) is 11.1 Å². The van der Waals surface area contributed by atoms with E-state index in [9.17, 15) is 18.0 Å². The Labute approximate surface area is 239 Å². The lowest BCUT2D eigenvalue weighted by atomic mass is 9.82. The van der Waals surface area contributed by atoms with Crippen LogP contribution in [0.3, 0.4) is 0 Å². The second-order valence-electron chi connectivity index (χ2n) is 10.6. The number of anilines is 1. The van der Waals surface area contributed by atoms with Crippen LogP contribution in [0, 0.1) is 5.92 Å². The van der Waals surface area contributed by atoms with Crippen LogP contribution < -0.4 is 15.8 Å². The van der Waals surface area contributed by atoms with Gasteiger partial charge in [0.25, 0.3) is 5.91 Å². The molecule has 5 rings (SSSR count). The summed E-state index contributed by atoms with van der Waals surface area (Å²) in [5.74, 6) is 1.08. The van der Waals surface area contributed by atoms with Gasteiger partial charge in [-0.2, -0.15) is 0 Å². The monoisotopic (exact) mass is 571 g/mol. The van der Waals surface area contributed by atoms with Crippen molar-refractivity contribution >= 4 is 21.7 Å². The molecular weight excluding hydrogens is 538 g/mol. The summed E-state index contributed by atoms with van der Waals surface area (Å²) in [6.45, 7) is 7.62. The molecule has 0 saturated carbocycles. The number of pyridine rings is 1. The van der Waals surface area contributed by atoms with Crippen LogP contribution in [0.15, 0.2) is 82.9 Å². The molecule has 0 aliphatic carbocycles. The lowest BCUT2D eigenvalue weighted by Crippen LogP contribution is -2.37. The third kappa shape index (κ3) is 6.22. The third-order valence-corrected chi connectivity index (χ3v) is 9.29. The Kier molecular flexibility index (Phi) is 8.03. The summed E-state index contributed by atoms with van der Waals surface area (Å²) in [6.07, 6.45) is 5.15. The minimum absolute atomic E-state index is 0.0463. The topological polar surface area (TPSA) is 125 Å². The Morgan fingerprint density at radius 2 is 1.78 bits per heavy atom. The summed E-state index contributed by atoms with van der Waals surface area (Å²) < 4.78 is 24.1. The van der Waals surface area contributed by atoms with E-state index in [1.165, 1.54) is 11.6 Å². The minimum Gasteiger partial charge on any atom is -0.348 e. The number of nitrogens with one attached hydrogen (secondary N) is 2. The Bertz CT molecular complexity index is 1690. The fraction of sp³-hybridized carbons (Fsp3) is 0.290. The number of rotatable bonds is 8. The van der Waals surface area contributed by atoms with Crippen molar-refractivity contribution in [1.29, 1.82) is 0 Å². The summed E-state index contributed by atoms with van der Waals surface area (Å²) in [7, 11) is -3.26. The predicted octanol–water partition coefficient (Wildman–Crippen LogP) is 4.32. The Hall–Kier alpha value is -4.31. The number of amides is 1. The number of fused-ring (bicyclic) bond motifs is 1. The number of H-pyrrole nitrogens is 1. The smallest absolute Gasteiger partial charge is 0.251 e. The van der Waals surface area contributed by atoms with E-state index in [1.54, 1.807) is 55.8 Å². The van der Waals surface area contributed by atoms with E-state index in [0.717, 1.165) is 28.8 Å². The van der Waals surface area contributed by atoms with Crippen molar-refractivity contribution in [3.63, 3.8) is 0 Å². The molecule has 41 heavy (non-hydrogen) atoms. The number of carbonyl (C=O) groups is 1. The highest BCUT2D eigenvalue weighted by Gasteiger charge is 2.29. The molecule has 10 heteroatoms. The molecule has 2 N–H and O–H groups in total. The zero-order valence-electron chi connectivity index (χ0n) is 23.3. The standard InChI is InChI=1S/C31H33N5O4S/c1-4-41(39,40)26-9-5-21(6-10-26)14-33-30(38)22-7-11-27-24(13-22)18-36(19-28(27)20(2)3)31-34-16-25(17-35-31)23-8-12-29(37)32-15-23/h5-13,15-17,20,28H,4,14,18-19H2,1-3H3,(H,32,37)(H,33,38)/t28-/m1/s1. The van der Waals surface area contributed by atoms with Crippen LogP contribution in [-0.2, 0) is 22.9 Å². The van der Waals surface area contributed by atoms with Crippen molar-refractivity contribution in [3.05, 3.63) is 106 Å². The van der Waals surface area contributed by atoms with Crippen molar-refractivity contribution in [2.45, 2.75) is 44.7 Å². The van der Waals surface area contributed by atoms with Gasteiger partial charge in [-0.3, -0.25) is 9.59 Å². The zero-order chi connectivity index (χ0) is 29.1.